The molecule has 0 fully saturated rings. The number of rotatable bonds is 4. The van der Waals surface area contributed by atoms with Crippen LogP contribution in [0.3, 0.4) is 0 Å². The second-order valence-corrected chi connectivity index (χ2v) is 2.94. The molecule has 0 radical (unpaired) electrons. The minimum Gasteiger partial charge on any atom is -0.497 e. The van der Waals surface area contributed by atoms with Crippen molar-refractivity contribution in [3.8, 4) is 11.5 Å². The summed E-state index contributed by atoms with van der Waals surface area (Å²) in [5.41, 5.74) is 6.48. The summed E-state index contributed by atoms with van der Waals surface area (Å²) in [6.45, 7) is -0.101. The summed E-state index contributed by atoms with van der Waals surface area (Å²) in [5, 5.41) is 8.91. The number of benzene rings is 1. The number of aliphatic hydroxyl groups excluding tert-OH is 1. The Morgan fingerprint density at radius 2 is 1.67 bits per heavy atom. The number of nitrogens with two attached hydrogens (primary N) is 1. The van der Waals surface area contributed by atoms with Crippen LogP contribution in [-0.2, 0) is 0 Å². The number of hydrogen-bond donors (Lipinski definition) is 2. The maximum absolute atomic E-state index is 8.91. The van der Waals surface area contributed by atoms with Gasteiger partial charge >= 0.3 is 0 Å². The van der Waals surface area contributed by atoms with Gasteiger partial charge in [-0.3, -0.25) is 0 Å². The second kappa shape index (κ2) is 6.50. The standard InChI is InChI=1S/C10H15NO3.ClH/c1-13-8-3-7(10(11)6-12)4-9(5-8)14-2;/h3-5,10,12H,6,11H2,1-2H3;1H/t10-;/m0./s1. The van der Waals surface area contributed by atoms with Gasteiger partial charge in [0.15, 0.2) is 0 Å². The third kappa shape index (κ3) is 3.58. The quantitative estimate of drug-likeness (QED) is 0.818. The van der Waals surface area contributed by atoms with E-state index in [1.165, 1.54) is 0 Å². The summed E-state index contributed by atoms with van der Waals surface area (Å²) in [7, 11) is 3.14. The Hall–Kier alpha value is -0.970. The number of aliphatic hydroxyl groups is 1. The molecule has 0 aliphatic heterocycles. The van der Waals surface area contributed by atoms with Crippen LogP contribution in [0.15, 0.2) is 18.2 Å². The van der Waals surface area contributed by atoms with Gasteiger partial charge in [-0.1, -0.05) is 0 Å². The van der Waals surface area contributed by atoms with E-state index in [1.54, 1.807) is 32.4 Å². The van der Waals surface area contributed by atoms with Crippen molar-refractivity contribution in [2.75, 3.05) is 20.8 Å². The zero-order chi connectivity index (χ0) is 10.6. The Labute approximate surface area is 95.4 Å². The molecule has 0 spiro atoms. The molecule has 5 heteroatoms. The van der Waals surface area contributed by atoms with E-state index in [2.05, 4.69) is 0 Å². The topological polar surface area (TPSA) is 64.7 Å². The van der Waals surface area contributed by atoms with Crippen LogP contribution < -0.4 is 15.2 Å². The third-order valence-electron chi connectivity index (χ3n) is 2.00. The number of hydrogen-bond acceptors (Lipinski definition) is 4. The predicted octanol–water partition coefficient (Wildman–Crippen LogP) is 1.12. The first-order chi connectivity index (χ1) is 6.71. The van der Waals surface area contributed by atoms with E-state index >= 15 is 0 Å². The molecule has 0 unspecified atom stereocenters. The van der Waals surface area contributed by atoms with Crippen LogP contribution in [0.25, 0.3) is 0 Å². The van der Waals surface area contributed by atoms with Crippen LogP contribution in [0.1, 0.15) is 11.6 Å². The minimum absolute atomic E-state index is 0. The maximum Gasteiger partial charge on any atom is 0.122 e. The lowest BCUT2D eigenvalue weighted by Crippen LogP contribution is -2.14. The molecule has 1 aromatic rings. The zero-order valence-corrected chi connectivity index (χ0v) is 9.58. The van der Waals surface area contributed by atoms with Gasteiger partial charge in [-0.25, -0.2) is 0 Å². The van der Waals surface area contributed by atoms with Crippen LogP contribution in [0.5, 0.6) is 11.5 Å². The smallest absolute Gasteiger partial charge is 0.122 e. The molecular formula is C10H16ClNO3. The molecule has 86 valence electrons. The third-order valence-corrected chi connectivity index (χ3v) is 2.00. The van der Waals surface area contributed by atoms with Crippen molar-refractivity contribution in [1.82, 2.24) is 0 Å². The summed E-state index contributed by atoms with van der Waals surface area (Å²) in [6.07, 6.45) is 0. The molecule has 4 nitrogen and oxygen atoms in total. The first-order valence-electron chi connectivity index (χ1n) is 4.30. The van der Waals surface area contributed by atoms with Crippen molar-refractivity contribution < 1.29 is 14.6 Å². The van der Waals surface area contributed by atoms with Crippen LogP contribution in [0.4, 0.5) is 0 Å². The van der Waals surface area contributed by atoms with Crippen molar-refractivity contribution in [2.24, 2.45) is 5.73 Å². The minimum atomic E-state index is -0.404. The van der Waals surface area contributed by atoms with Crippen LogP contribution in [0.2, 0.25) is 0 Å². The lowest BCUT2D eigenvalue weighted by molar-refractivity contribution is 0.267. The fourth-order valence-electron chi connectivity index (χ4n) is 1.15. The van der Waals surface area contributed by atoms with Gasteiger partial charge in [0.2, 0.25) is 0 Å². The molecule has 0 saturated heterocycles. The van der Waals surface area contributed by atoms with Gasteiger partial charge in [-0.15, -0.1) is 12.4 Å². The highest BCUT2D eigenvalue weighted by Crippen LogP contribution is 2.25. The molecule has 3 N–H and O–H groups in total. The molecule has 15 heavy (non-hydrogen) atoms. The van der Waals surface area contributed by atoms with Crippen molar-refractivity contribution >= 4 is 12.4 Å². The molecular weight excluding hydrogens is 218 g/mol. The van der Waals surface area contributed by atoms with Crippen LogP contribution >= 0.6 is 12.4 Å². The Balaban J connectivity index is 0.00000196. The van der Waals surface area contributed by atoms with E-state index < -0.39 is 6.04 Å². The Morgan fingerprint density at radius 3 is 2.00 bits per heavy atom. The van der Waals surface area contributed by atoms with Gasteiger partial charge in [0.1, 0.15) is 11.5 Å². The molecule has 1 rings (SSSR count). The van der Waals surface area contributed by atoms with Gasteiger partial charge in [0.05, 0.1) is 26.9 Å². The summed E-state index contributed by atoms with van der Waals surface area (Å²) < 4.78 is 10.1. The number of halogens is 1. The monoisotopic (exact) mass is 233 g/mol. The van der Waals surface area contributed by atoms with Gasteiger partial charge in [0, 0.05) is 6.07 Å². The van der Waals surface area contributed by atoms with E-state index in [0.717, 1.165) is 5.56 Å². The van der Waals surface area contributed by atoms with E-state index in [-0.39, 0.29) is 19.0 Å². The van der Waals surface area contributed by atoms with Gasteiger partial charge in [-0.05, 0) is 17.7 Å². The van der Waals surface area contributed by atoms with Gasteiger partial charge < -0.3 is 20.3 Å². The highest BCUT2D eigenvalue weighted by Gasteiger charge is 2.08. The Morgan fingerprint density at radius 1 is 1.20 bits per heavy atom. The molecule has 0 aliphatic rings. The average Bonchev–Trinajstić information content (AvgIpc) is 2.27. The van der Waals surface area contributed by atoms with Gasteiger partial charge in [-0.2, -0.15) is 0 Å². The Bertz CT molecular complexity index is 284. The summed E-state index contributed by atoms with van der Waals surface area (Å²) in [5.74, 6) is 1.34. The van der Waals surface area contributed by atoms with Crippen molar-refractivity contribution in [3.63, 3.8) is 0 Å². The number of ether oxygens (including phenoxy) is 2. The lowest BCUT2D eigenvalue weighted by atomic mass is 10.1. The largest absolute Gasteiger partial charge is 0.497 e. The first kappa shape index (κ1) is 14.0. The van der Waals surface area contributed by atoms with Crippen LogP contribution in [0, 0.1) is 0 Å². The highest BCUT2D eigenvalue weighted by atomic mass is 35.5. The second-order valence-electron chi connectivity index (χ2n) is 2.94. The molecule has 0 saturated carbocycles. The fraction of sp³-hybridized carbons (Fsp3) is 0.400. The lowest BCUT2D eigenvalue weighted by Gasteiger charge is -2.12. The fourth-order valence-corrected chi connectivity index (χ4v) is 1.15. The maximum atomic E-state index is 8.91. The molecule has 0 bridgehead atoms. The van der Waals surface area contributed by atoms with Crippen molar-refractivity contribution in [1.29, 1.82) is 0 Å². The Kier molecular flexibility index (Phi) is 6.08. The van der Waals surface area contributed by atoms with Crippen molar-refractivity contribution in [3.05, 3.63) is 23.8 Å². The van der Waals surface area contributed by atoms with Gasteiger partial charge in [0.25, 0.3) is 0 Å². The van der Waals surface area contributed by atoms with Crippen molar-refractivity contribution in [2.45, 2.75) is 6.04 Å². The van der Waals surface area contributed by atoms with E-state index in [1.807, 2.05) is 0 Å². The first-order valence-corrected chi connectivity index (χ1v) is 4.30. The zero-order valence-electron chi connectivity index (χ0n) is 8.77. The van der Waals surface area contributed by atoms with E-state index in [9.17, 15) is 0 Å². The molecule has 0 aliphatic carbocycles. The molecule has 0 aromatic heterocycles. The summed E-state index contributed by atoms with van der Waals surface area (Å²) in [6, 6.07) is 4.92. The molecule has 0 amide bonds. The normalized spacial score (nSPS) is 11.5. The van der Waals surface area contributed by atoms with Crippen LogP contribution in [-0.4, -0.2) is 25.9 Å². The molecule has 0 heterocycles. The average molecular weight is 234 g/mol. The SMILES string of the molecule is COc1cc(OC)cc([C@@H](N)CO)c1.Cl. The summed E-state index contributed by atoms with van der Waals surface area (Å²) >= 11 is 0. The molecule has 1 atom stereocenters. The number of methoxy groups -OCH3 is 2. The summed E-state index contributed by atoms with van der Waals surface area (Å²) in [4.78, 5) is 0. The van der Waals surface area contributed by atoms with E-state index in [0.29, 0.717) is 11.5 Å². The highest BCUT2D eigenvalue weighted by molar-refractivity contribution is 5.85. The predicted molar refractivity (Wildman–Crippen MR) is 60.8 cm³/mol. The molecule has 1 aromatic carbocycles. The van der Waals surface area contributed by atoms with E-state index in [4.69, 9.17) is 20.3 Å².